The standard InChI is InChI=1S/C37H26O/c1-3-27-33-23-26(21-22-34(33)38-37(27)28-16-8-7-13-24(28)2)36-31-19-11-9-17-29(31)35(25-14-5-4-6-15-25)30-18-10-12-20-32(30)36/h3-23H,1H2,2H3. The highest BCUT2D eigenvalue weighted by Crippen LogP contribution is 2.45. The number of benzene rings is 6. The summed E-state index contributed by atoms with van der Waals surface area (Å²) >= 11 is 0. The third kappa shape index (κ3) is 3.40. The SMILES string of the molecule is C=Cc1c(-c2ccccc2C)oc2ccc(-c3c4ccccc4c(-c4ccccc4)c4ccccc34)cc12. The molecule has 0 aliphatic carbocycles. The average Bonchev–Trinajstić information content (AvgIpc) is 3.34. The molecule has 0 radical (unpaired) electrons. The van der Waals surface area contributed by atoms with Crippen LogP contribution in [0.15, 0.2) is 132 Å². The summed E-state index contributed by atoms with van der Waals surface area (Å²) in [5.41, 5.74) is 9.11. The van der Waals surface area contributed by atoms with Crippen LogP contribution < -0.4 is 0 Å². The second-order valence-corrected chi connectivity index (χ2v) is 9.78. The van der Waals surface area contributed by atoms with Gasteiger partial charge in [-0.25, -0.2) is 0 Å². The maximum atomic E-state index is 6.43. The second kappa shape index (κ2) is 8.90. The van der Waals surface area contributed by atoms with E-state index < -0.39 is 0 Å². The van der Waals surface area contributed by atoms with Crippen molar-refractivity contribution in [2.75, 3.05) is 0 Å². The minimum atomic E-state index is 0.872. The maximum Gasteiger partial charge on any atom is 0.142 e. The fourth-order valence-electron chi connectivity index (χ4n) is 5.86. The van der Waals surface area contributed by atoms with Gasteiger partial charge in [0.05, 0.1) is 0 Å². The molecule has 0 unspecified atom stereocenters. The number of hydrogen-bond acceptors (Lipinski definition) is 1. The molecule has 0 aliphatic rings. The van der Waals surface area contributed by atoms with E-state index in [0.717, 1.165) is 27.9 Å². The van der Waals surface area contributed by atoms with Gasteiger partial charge < -0.3 is 4.42 Å². The van der Waals surface area contributed by atoms with Crippen molar-refractivity contribution in [1.29, 1.82) is 0 Å². The largest absolute Gasteiger partial charge is 0.455 e. The molecule has 7 rings (SSSR count). The molecule has 0 fully saturated rings. The summed E-state index contributed by atoms with van der Waals surface area (Å²) in [6.45, 7) is 6.28. The van der Waals surface area contributed by atoms with Crippen molar-refractivity contribution in [3.8, 4) is 33.6 Å². The molecule has 1 heterocycles. The molecular formula is C37H26O. The Morgan fingerprint density at radius 1 is 0.553 bits per heavy atom. The van der Waals surface area contributed by atoms with Crippen molar-refractivity contribution < 1.29 is 4.42 Å². The number of rotatable bonds is 4. The second-order valence-electron chi connectivity index (χ2n) is 9.78. The predicted octanol–water partition coefficient (Wildman–Crippen LogP) is 10.7. The predicted molar refractivity (Wildman–Crippen MR) is 162 cm³/mol. The Kier molecular flexibility index (Phi) is 5.23. The summed E-state index contributed by atoms with van der Waals surface area (Å²) in [5.74, 6) is 0.874. The lowest BCUT2D eigenvalue weighted by Gasteiger charge is -2.17. The van der Waals surface area contributed by atoms with Gasteiger partial charge in [0.2, 0.25) is 0 Å². The van der Waals surface area contributed by atoms with Crippen molar-refractivity contribution in [2.24, 2.45) is 0 Å². The first-order chi connectivity index (χ1) is 18.7. The van der Waals surface area contributed by atoms with Gasteiger partial charge in [-0.3, -0.25) is 0 Å². The van der Waals surface area contributed by atoms with Gasteiger partial charge in [-0.05, 0) is 68.4 Å². The topological polar surface area (TPSA) is 13.1 Å². The zero-order valence-electron chi connectivity index (χ0n) is 21.2. The summed E-state index contributed by atoms with van der Waals surface area (Å²) in [6.07, 6.45) is 1.92. The Bertz CT molecular complexity index is 1930. The van der Waals surface area contributed by atoms with Crippen LogP contribution >= 0.6 is 0 Å². The van der Waals surface area contributed by atoms with Crippen LogP contribution in [-0.4, -0.2) is 0 Å². The molecule has 180 valence electrons. The molecular weight excluding hydrogens is 460 g/mol. The summed E-state index contributed by atoms with van der Waals surface area (Å²) in [5, 5.41) is 6.07. The molecule has 6 aromatic carbocycles. The highest BCUT2D eigenvalue weighted by molar-refractivity contribution is 6.21. The molecule has 7 aromatic rings. The van der Waals surface area contributed by atoms with Crippen molar-refractivity contribution in [1.82, 2.24) is 0 Å². The fraction of sp³-hybridized carbons (Fsp3) is 0.0270. The normalized spacial score (nSPS) is 11.4. The van der Waals surface area contributed by atoms with Gasteiger partial charge in [0.15, 0.2) is 0 Å². The van der Waals surface area contributed by atoms with Gasteiger partial charge in [0.25, 0.3) is 0 Å². The van der Waals surface area contributed by atoms with Crippen molar-refractivity contribution >= 4 is 38.6 Å². The molecule has 1 heteroatoms. The molecule has 0 amide bonds. The van der Waals surface area contributed by atoms with Gasteiger partial charge in [-0.1, -0.05) is 122 Å². The van der Waals surface area contributed by atoms with Gasteiger partial charge in [-0.15, -0.1) is 0 Å². The van der Waals surface area contributed by atoms with E-state index in [0.29, 0.717) is 0 Å². The number of furan rings is 1. The molecule has 1 aromatic heterocycles. The Morgan fingerprint density at radius 3 is 1.71 bits per heavy atom. The molecule has 0 aliphatic heterocycles. The van der Waals surface area contributed by atoms with E-state index in [1.807, 2.05) is 6.08 Å². The lowest BCUT2D eigenvalue weighted by atomic mass is 9.85. The van der Waals surface area contributed by atoms with Crippen LogP contribution in [0.2, 0.25) is 0 Å². The minimum Gasteiger partial charge on any atom is -0.455 e. The summed E-state index contributed by atoms with van der Waals surface area (Å²) in [7, 11) is 0. The first-order valence-corrected chi connectivity index (χ1v) is 13.0. The summed E-state index contributed by atoms with van der Waals surface area (Å²) in [6, 6.07) is 43.2. The third-order valence-electron chi connectivity index (χ3n) is 7.60. The lowest BCUT2D eigenvalue weighted by molar-refractivity contribution is 0.630. The van der Waals surface area contributed by atoms with Gasteiger partial charge >= 0.3 is 0 Å². The monoisotopic (exact) mass is 486 g/mol. The van der Waals surface area contributed by atoms with Gasteiger partial charge in [0.1, 0.15) is 11.3 Å². The number of hydrogen-bond donors (Lipinski definition) is 0. The van der Waals surface area contributed by atoms with Crippen LogP contribution in [0.1, 0.15) is 11.1 Å². The first-order valence-electron chi connectivity index (χ1n) is 13.0. The van der Waals surface area contributed by atoms with E-state index >= 15 is 0 Å². The minimum absolute atomic E-state index is 0.872. The molecule has 0 N–H and O–H groups in total. The average molecular weight is 487 g/mol. The first kappa shape index (κ1) is 22.3. The zero-order chi connectivity index (χ0) is 25.6. The molecule has 0 saturated heterocycles. The van der Waals surface area contributed by atoms with E-state index in [-0.39, 0.29) is 0 Å². The van der Waals surface area contributed by atoms with Crippen molar-refractivity contribution in [3.05, 3.63) is 139 Å². The summed E-state index contributed by atoms with van der Waals surface area (Å²) in [4.78, 5) is 0. The van der Waals surface area contributed by atoms with Crippen LogP contribution in [-0.2, 0) is 0 Å². The molecule has 38 heavy (non-hydrogen) atoms. The van der Waals surface area contributed by atoms with Crippen LogP contribution in [0, 0.1) is 6.92 Å². The Hall–Kier alpha value is -4.88. The highest BCUT2D eigenvalue weighted by Gasteiger charge is 2.19. The quantitative estimate of drug-likeness (QED) is 0.226. The molecule has 0 saturated carbocycles. The van der Waals surface area contributed by atoms with Crippen molar-refractivity contribution in [2.45, 2.75) is 6.92 Å². The Morgan fingerprint density at radius 2 is 1.11 bits per heavy atom. The zero-order valence-corrected chi connectivity index (χ0v) is 21.2. The number of fused-ring (bicyclic) bond motifs is 3. The van der Waals surface area contributed by atoms with E-state index in [1.54, 1.807) is 0 Å². The highest BCUT2D eigenvalue weighted by atomic mass is 16.3. The van der Waals surface area contributed by atoms with Crippen LogP contribution in [0.5, 0.6) is 0 Å². The van der Waals surface area contributed by atoms with E-state index in [1.165, 1.54) is 49.4 Å². The lowest BCUT2D eigenvalue weighted by Crippen LogP contribution is -1.90. The van der Waals surface area contributed by atoms with Gasteiger partial charge in [0, 0.05) is 16.5 Å². The fourth-order valence-corrected chi connectivity index (χ4v) is 5.86. The molecule has 1 nitrogen and oxygen atoms in total. The maximum absolute atomic E-state index is 6.43. The van der Waals surface area contributed by atoms with Gasteiger partial charge in [-0.2, -0.15) is 0 Å². The van der Waals surface area contributed by atoms with Crippen LogP contribution in [0.25, 0.3) is 72.2 Å². The molecule has 0 spiro atoms. The van der Waals surface area contributed by atoms with Crippen molar-refractivity contribution in [3.63, 3.8) is 0 Å². The Balaban J connectivity index is 1.55. The number of aryl methyl sites for hydroxylation is 1. The Labute approximate surface area is 222 Å². The third-order valence-corrected chi connectivity index (χ3v) is 7.60. The smallest absolute Gasteiger partial charge is 0.142 e. The molecule has 0 atom stereocenters. The van der Waals surface area contributed by atoms with E-state index in [2.05, 4.69) is 135 Å². The van der Waals surface area contributed by atoms with E-state index in [9.17, 15) is 0 Å². The van der Waals surface area contributed by atoms with Crippen LogP contribution in [0.4, 0.5) is 0 Å². The van der Waals surface area contributed by atoms with E-state index in [4.69, 9.17) is 4.42 Å². The molecule has 0 bridgehead atoms. The summed E-state index contributed by atoms with van der Waals surface area (Å²) < 4.78 is 6.43. The van der Waals surface area contributed by atoms with Crippen LogP contribution in [0.3, 0.4) is 0 Å².